The van der Waals surface area contributed by atoms with E-state index >= 15 is 0 Å². The third kappa shape index (κ3) is 5.40. The lowest BCUT2D eigenvalue weighted by Crippen LogP contribution is -2.30. The van der Waals surface area contributed by atoms with E-state index in [2.05, 4.69) is 0 Å². The Morgan fingerprint density at radius 3 is 2.27 bits per heavy atom. The van der Waals surface area contributed by atoms with Crippen LogP contribution in [0.25, 0.3) is 0 Å². The lowest BCUT2D eigenvalue weighted by Gasteiger charge is -2.23. The third-order valence-corrected chi connectivity index (χ3v) is 6.93. The largest absolute Gasteiger partial charge is 0.496 e. The summed E-state index contributed by atoms with van der Waals surface area (Å²) in [5.41, 5.74) is 1.63. The van der Waals surface area contributed by atoms with Crippen LogP contribution in [0.5, 0.6) is 5.75 Å². The minimum atomic E-state index is -3.89. The number of para-hydroxylation sites is 1. The van der Waals surface area contributed by atoms with Crippen LogP contribution in [0.2, 0.25) is 0 Å². The zero-order chi connectivity index (χ0) is 24.0. The molecular formula is C25H25NO6S. The molecule has 0 fully saturated rings. The summed E-state index contributed by atoms with van der Waals surface area (Å²) >= 11 is 0. The average molecular weight is 468 g/mol. The van der Waals surface area contributed by atoms with Crippen molar-refractivity contribution in [2.45, 2.75) is 25.3 Å². The Kier molecular flexibility index (Phi) is 7.50. The quantitative estimate of drug-likeness (QED) is 0.341. The van der Waals surface area contributed by atoms with Crippen molar-refractivity contribution in [3.05, 3.63) is 89.5 Å². The van der Waals surface area contributed by atoms with Crippen molar-refractivity contribution in [1.82, 2.24) is 0 Å². The minimum absolute atomic E-state index is 0.0150. The van der Waals surface area contributed by atoms with Crippen LogP contribution >= 0.6 is 0 Å². The van der Waals surface area contributed by atoms with Crippen molar-refractivity contribution < 1.29 is 27.5 Å². The molecule has 0 amide bonds. The Bertz CT molecular complexity index is 1250. The van der Waals surface area contributed by atoms with E-state index in [1.165, 1.54) is 42.6 Å². The van der Waals surface area contributed by atoms with Crippen LogP contribution in [0.15, 0.2) is 77.7 Å². The molecule has 0 saturated heterocycles. The Morgan fingerprint density at radius 2 is 1.64 bits per heavy atom. The standard InChI is InChI=1S/C25H25NO6S/c1-4-26(22-10-6-5-7-11-22)33(29,30)23-12-8-9-20(16-23)25(28)32-17-21-15-19(18(2)27)13-14-24(21)31-3/h5-16H,4,17H2,1-3H3. The Hall–Kier alpha value is -3.65. The fourth-order valence-electron chi connectivity index (χ4n) is 3.33. The summed E-state index contributed by atoms with van der Waals surface area (Å²) in [4.78, 5) is 24.3. The molecule has 0 bridgehead atoms. The zero-order valence-electron chi connectivity index (χ0n) is 18.6. The molecule has 33 heavy (non-hydrogen) atoms. The van der Waals surface area contributed by atoms with E-state index in [4.69, 9.17) is 9.47 Å². The molecule has 8 heteroatoms. The number of hydrogen-bond acceptors (Lipinski definition) is 6. The summed E-state index contributed by atoms with van der Waals surface area (Å²) in [6.07, 6.45) is 0. The van der Waals surface area contributed by atoms with Gasteiger partial charge in [0.1, 0.15) is 12.4 Å². The molecule has 0 radical (unpaired) electrons. The van der Waals surface area contributed by atoms with Crippen molar-refractivity contribution in [2.24, 2.45) is 0 Å². The number of benzene rings is 3. The lowest BCUT2D eigenvalue weighted by molar-refractivity contribution is 0.0470. The number of nitrogens with zero attached hydrogens (tertiary/aromatic N) is 1. The summed E-state index contributed by atoms with van der Waals surface area (Å²) in [6.45, 7) is 3.28. The number of carbonyl (C=O) groups excluding carboxylic acids is 2. The highest BCUT2D eigenvalue weighted by atomic mass is 32.2. The van der Waals surface area contributed by atoms with Gasteiger partial charge in [-0.25, -0.2) is 13.2 Å². The molecule has 0 N–H and O–H groups in total. The van der Waals surface area contributed by atoms with Crippen LogP contribution in [0.1, 0.15) is 40.1 Å². The molecule has 3 aromatic rings. The Morgan fingerprint density at radius 1 is 0.909 bits per heavy atom. The van der Waals surface area contributed by atoms with Gasteiger partial charge in [-0.3, -0.25) is 9.10 Å². The van der Waals surface area contributed by atoms with E-state index in [9.17, 15) is 18.0 Å². The molecule has 0 aromatic heterocycles. The van der Waals surface area contributed by atoms with Gasteiger partial charge in [-0.05, 0) is 62.4 Å². The van der Waals surface area contributed by atoms with Gasteiger partial charge >= 0.3 is 5.97 Å². The molecule has 0 spiro atoms. The monoisotopic (exact) mass is 467 g/mol. The lowest BCUT2D eigenvalue weighted by atomic mass is 10.1. The maximum absolute atomic E-state index is 13.2. The number of hydrogen-bond donors (Lipinski definition) is 0. The van der Waals surface area contributed by atoms with Crippen LogP contribution in [0.4, 0.5) is 5.69 Å². The molecule has 0 heterocycles. The van der Waals surface area contributed by atoms with Gasteiger partial charge in [-0.1, -0.05) is 24.3 Å². The fraction of sp³-hybridized carbons (Fsp3) is 0.200. The molecule has 3 aromatic carbocycles. The number of anilines is 1. The first-order valence-corrected chi connectivity index (χ1v) is 11.7. The second-order valence-electron chi connectivity index (χ2n) is 7.19. The summed E-state index contributed by atoms with van der Waals surface area (Å²) in [5, 5.41) is 0. The van der Waals surface area contributed by atoms with Crippen molar-refractivity contribution in [3.63, 3.8) is 0 Å². The zero-order valence-corrected chi connectivity index (χ0v) is 19.5. The molecule has 0 aliphatic rings. The van der Waals surface area contributed by atoms with Crippen LogP contribution in [-0.4, -0.2) is 33.8 Å². The maximum Gasteiger partial charge on any atom is 0.338 e. The highest BCUT2D eigenvalue weighted by molar-refractivity contribution is 7.92. The van der Waals surface area contributed by atoms with E-state index in [1.54, 1.807) is 49.4 Å². The van der Waals surface area contributed by atoms with Crippen LogP contribution in [0.3, 0.4) is 0 Å². The van der Waals surface area contributed by atoms with Gasteiger partial charge in [0, 0.05) is 17.7 Å². The first-order valence-electron chi connectivity index (χ1n) is 10.3. The molecule has 172 valence electrons. The smallest absolute Gasteiger partial charge is 0.338 e. The van der Waals surface area contributed by atoms with E-state index in [0.29, 0.717) is 22.6 Å². The first-order chi connectivity index (χ1) is 15.8. The summed E-state index contributed by atoms with van der Waals surface area (Å²) in [5.74, 6) is -0.335. The maximum atomic E-state index is 13.2. The van der Waals surface area contributed by atoms with E-state index in [-0.39, 0.29) is 29.4 Å². The fourth-order valence-corrected chi connectivity index (χ4v) is 4.85. The topological polar surface area (TPSA) is 90.0 Å². The molecule has 0 aliphatic heterocycles. The van der Waals surface area contributed by atoms with Gasteiger partial charge in [0.2, 0.25) is 0 Å². The Balaban J connectivity index is 1.83. The highest BCUT2D eigenvalue weighted by Crippen LogP contribution is 2.25. The number of ketones is 1. The predicted octanol–water partition coefficient (Wildman–Crippen LogP) is 4.47. The van der Waals surface area contributed by atoms with E-state index in [1.807, 2.05) is 6.07 Å². The molecule has 7 nitrogen and oxygen atoms in total. The Labute approximate surface area is 193 Å². The van der Waals surface area contributed by atoms with Crippen molar-refractivity contribution in [1.29, 1.82) is 0 Å². The van der Waals surface area contributed by atoms with E-state index < -0.39 is 16.0 Å². The van der Waals surface area contributed by atoms with Crippen molar-refractivity contribution in [3.8, 4) is 5.75 Å². The molecule has 0 unspecified atom stereocenters. The first kappa shape index (κ1) is 24.0. The summed E-state index contributed by atoms with van der Waals surface area (Å²) < 4.78 is 38.4. The molecular weight excluding hydrogens is 442 g/mol. The number of sulfonamides is 1. The summed E-state index contributed by atoms with van der Waals surface area (Å²) in [7, 11) is -2.40. The highest BCUT2D eigenvalue weighted by Gasteiger charge is 2.24. The molecule has 0 saturated carbocycles. The second-order valence-corrected chi connectivity index (χ2v) is 9.05. The van der Waals surface area contributed by atoms with E-state index in [0.717, 1.165) is 0 Å². The number of carbonyl (C=O) groups is 2. The van der Waals surface area contributed by atoms with Gasteiger partial charge in [0.05, 0.1) is 23.3 Å². The van der Waals surface area contributed by atoms with Gasteiger partial charge in [-0.15, -0.1) is 0 Å². The van der Waals surface area contributed by atoms with Gasteiger partial charge in [0.25, 0.3) is 10.0 Å². The van der Waals surface area contributed by atoms with Gasteiger partial charge in [-0.2, -0.15) is 0 Å². The number of rotatable bonds is 9. The number of methoxy groups -OCH3 is 1. The van der Waals surface area contributed by atoms with Crippen molar-refractivity contribution in [2.75, 3.05) is 18.0 Å². The van der Waals surface area contributed by atoms with Crippen LogP contribution < -0.4 is 9.04 Å². The van der Waals surface area contributed by atoms with Crippen LogP contribution in [-0.2, 0) is 21.4 Å². The molecule has 3 rings (SSSR count). The SMILES string of the molecule is CCN(c1ccccc1)S(=O)(=O)c1cccc(C(=O)OCc2cc(C(C)=O)ccc2OC)c1. The van der Waals surface area contributed by atoms with Gasteiger partial charge in [0.15, 0.2) is 5.78 Å². The molecule has 0 aliphatic carbocycles. The number of ether oxygens (including phenoxy) is 2. The van der Waals surface area contributed by atoms with Crippen LogP contribution in [0, 0.1) is 0 Å². The van der Waals surface area contributed by atoms with Crippen molar-refractivity contribution >= 4 is 27.5 Å². The van der Waals surface area contributed by atoms with Gasteiger partial charge < -0.3 is 9.47 Å². The minimum Gasteiger partial charge on any atom is -0.496 e. The predicted molar refractivity (Wildman–Crippen MR) is 125 cm³/mol. The average Bonchev–Trinajstić information content (AvgIpc) is 2.83. The second kappa shape index (κ2) is 10.3. The third-order valence-electron chi connectivity index (χ3n) is 5.03. The normalized spacial score (nSPS) is 11.0. The number of esters is 1. The summed E-state index contributed by atoms with van der Waals surface area (Å²) in [6, 6.07) is 19.3. The number of Topliss-reactive ketones (excluding diaryl/α,β-unsaturated/α-hetero) is 1. The molecule has 0 atom stereocenters.